The van der Waals surface area contributed by atoms with Gasteiger partial charge < -0.3 is 15.0 Å². The third kappa shape index (κ3) is 2.98. The molecular weight excluding hydrogens is 480 g/mol. The lowest BCUT2D eigenvalue weighted by Crippen LogP contribution is -2.53. The van der Waals surface area contributed by atoms with Gasteiger partial charge >= 0.3 is 0 Å². The second-order valence-electron chi connectivity index (χ2n) is 10.3. The molecule has 2 saturated heterocycles. The van der Waals surface area contributed by atoms with E-state index in [1.54, 1.807) is 31.4 Å². The summed E-state index contributed by atoms with van der Waals surface area (Å²) in [5.41, 5.74) is 3.52. The largest absolute Gasteiger partial charge is 0.497 e. The van der Waals surface area contributed by atoms with Gasteiger partial charge in [-0.3, -0.25) is 19.7 Å². The average Bonchev–Trinajstić information content (AvgIpc) is 3.63. The Balaban J connectivity index is 1.37. The van der Waals surface area contributed by atoms with Gasteiger partial charge in [0.15, 0.2) is 0 Å². The lowest BCUT2D eigenvalue weighted by Gasteiger charge is -2.29. The van der Waals surface area contributed by atoms with Crippen molar-refractivity contribution in [1.82, 2.24) is 10.3 Å². The minimum absolute atomic E-state index is 0.298. The molecule has 38 heavy (non-hydrogen) atoms. The van der Waals surface area contributed by atoms with Crippen LogP contribution in [0.2, 0.25) is 0 Å². The molecule has 3 aliphatic rings. The quantitative estimate of drug-likeness (QED) is 0.367. The Hall–Kier alpha value is -4.43. The fourth-order valence-corrected chi connectivity index (χ4v) is 6.61. The van der Waals surface area contributed by atoms with E-state index >= 15 is 0 Å². The Morgan fingerprint density at radius 2 is 1.76 bits per heavy atom. The van der Waals surface area contributed by atoms with E-state index in [4.69, 9.17) is 4.74 Å². The summed E-state index contributed by atoms with van der Waals surface area (Å²) in [5, 5.41) is 7.58. The highest BCUT2D eigenvalue weighted by molar-refractivity contribution is 6.25. The van der Waals surface area contributed by atoms with Gasteiger partial charge in [-0.25, -0.2) is 4.90 Å². The number of carbonyl (C=O) groups excluding carboxylic acids is 3. The van der Waals surface area contributed by atoms with Crippen LogP contribution >= 0.6 is 0 Å². The predicted octanol–water partition coefficient (Wildman–Crippen LogP) is 3.65. The maximum atomic E-state index is 14.2. The van der Waals surface area contributed by atoms with E-state index in [1.807, 2.05) is 55.6 Å². The fourth-order valence-electron chi connectivity index (χ4n) is 6.61. The first kappa shape index (κ1) is 22.7. The zero-order valence-electron chi connectivity index (χ0n) is 20.9. The monoisotopic (exact) mass is 506 g/mol. The van der Waals surface area contributed by atoms with Crippen molar-refractivity contribution in [3.05, 3.63) is 89.6 Å². The zero-order valence-corrected chi connectivity index (χ0v) is 20.9. The van der Waals surface area contributed by atoms with E-state index in [2.05, 4.69) is 15.6 Å². The van der Waals surface area contributed by atoms with Crippen LogP contribution in [0.1, 0.15) is 16.7 Å². The summed E-state index contributed by atoms with van der Waals surface area (Å²) in [6, 6.07) is 20.2. The molecule has 3 aliphatic heterocycles. The number of H-pyrrole nitrogens is 1. The van der Waals surface area contributed by atoms with Crippen molar-refractivity contribution < 1.29 is 19.1 Å². The predicted molar refractivity (Wildman–Crippen MR) is 143 cm³/mol. The number of para-hydroxylation sites is 1. The number of anilines is 2. The number of rotatable bonds is 4. The summed E-state index contributed by atoms with van der Waals surface area (Å²) in [5.74, 6) is -1.93. The molecule has 8 heteroatoms. The number of hydrogen-bond acceptors (Lipinski definition) is 5. The molecule has 3 amide bonds. The molecule has 2 fully saturated rings. The molecule has 190 valence electrons. The zero-order chi connectivity index (χ0) is 26.2. The van der Waals surface area contributed by atoms with Gasteiger partial charge in [0.05, 0.1) is 24.6 Å². The summed E-state index contributed by atoms with van der Waals surface area (Å²) < 4.78 is 5.26. The first-order valence-corrected chi connectivity index (χ1v) is 12.7. The van der Waals surface area contributed by atoms with Crippen LogP contribution in [0.5, 0.6) is 5.75 Å². The number of aromatic nitrogens is 1. The minimum Gasteiger partial charge on any atom is -0.497 e. The molecule has 0 radical (unpaired) electrons. The average molecular weight is 507 g/mol. The lowest BCUT2D eigenvalue weighted by molar-refractivity contribution is -0.130. The second kappa shape index (κ2) is 8.03. The molecule has 7 rings (SSSR count). The molecule has 4 heterocycles. The van der Waals surface area contributed by atoms with E-state index in [9.17, 15) is 14.4 Å². The molecule has 8 nitrogen and oxygen atoms in total. The Morgan fingerprint density at radius 3 is 2.55 bits per heavy atom. The van der Waals surface area contributed by atoms with Gasteiger partial charge in [-0.15, -0.1) is 0 Å². The van der Waals surface area contributed by atoms with Crippen molar-refractivity contribution >= 4 is 40.0 Å². The van der Waals surface area contributed by atoms with E-state index in [0.29, 0.717) is 23.5 Å². The van der Waals surface area contributed by atoms with Gasteiger partial charge in [-0.1, -0.05) is 35.9 Å². The molecule has 0 saturated carbocycles. The molecule has 0 aliphatic carbocycles. The molecule has 0 bridgehead atoms. The van der Waals surface area contributed by atoms with Gasteiger partial charge in [0, 0.05) is 34.4 Å². The first-order chi connectivity index (χ1) is 18.4. The summed E-state index contributed by atoms with van der Waals surface area (Å²) in [6.07, 6.45) is 2.43. The van der Waals surface area contributed by atoms with Crippen molar-refractivity contribution in [2.45, 2.75) is 24.9 Å². The van der Waals surface area contributed by atoms with Crippen LogP contribution in [0.15, 0.2) is 72.9 Å². The van der Waals surface area contributed by atoms with Crippen molar-refractivity contribution in [1.29, 1.82) is 0 Å². The molecule has 1 spiro atoms. The van der Waals surface area contributed by atoms with Gasteiger partial charge in [-0.2, -0.15) is 0 Å². The molecule has 1 aromatic heterocycles. The van der Waals surface area contributed by atoms with Crippen LogP contribution in [-0.2, 0) is 26.3 Å². The van der Waals surface area contributed by atoms with Crippen LogP contribution in [-0.4, -0.2) is 35.9 Å². The summed E-state index contributed by atoms with van der Waals surface area (Å²) in [6.45, 7) is 1.96. The molecular formula is C30H26N4O4. The Kier molecular flexibility index (Phi) is 4.81. The van der Waals surface area contributed by atoms with Gasteiger partial charge in [-0.05, 0) is 55.3 Å². The number of nitrogens with one attached hydrogen (secondary N) is 3. The number of carbonyl (C=O) groups is 3. The molecule has 4 atom stereocenters. The Labute approximate surface area is 219 Å². The highest BCUT2D eigenvalue weighted by Gasteiger charge is 2.70. The molecule has 3 aromatic carbocycles. The van der Waals surface area contributed by atoms with Crippen LogP contribution in [0.3, 0.4) is 0 Å². The van der Waals surface area contributed by atoms with E-state index < -0.39 is 23.4 Å². The highest BCUT2D eigenvalue weighted by Crippen LogP contribution is 2.54. The maximum absolute atomic E-state index is 14.2. The standard InChI is InChI=1S/C30H26N4O4/c1-16-7-12-23-21(13-16)30(29(37)32-23)26-25(24(33-30)14-17-15-31-22-6-4-3-5-20(17)22)27(35)34(28(26)36)18-8-10-19(38-2)11-9-18/h3-13,15,24-26,31,33H,14H2,1-2H3,(H,32,37)/t24?,25-,26+,30?/m1/s1. The van der Waals surface area contributed by atoms with Crippen molar-refractivity contribution in [3.63, 3.8) is 0 Å². The van der Waals surface area contributed by atoms with E-state index in [1.165, 1.54) is 4.90 Å². The molecule has 4 aromatic rings. The maximum Gasteiger partial charge on any atom is 0.250 e. The second-order valence-corrected chi connectivity index (χ2v) is 10.3. The van der Waals surface area contributed by atoms with Gasteiger partial charge in [0.25, 0.3) is 0 Å². The number of ether oxygens (including phenoxy) is 1. The van der Waals surface area contributed by atoms with Crippen molar-refractivity contribution in [2.24, 2.45) is 11.8 Å². The molecule has 2 unspecified atom stereocenters. The number of imide groups is 1. The summed E-state index contributed by atoms with van der Waals surface area (Å²) in [7, 11) is 1.56. The number of aryl methyl sites for hydroxylation is 1. The van der Waals surface area contributed by atoms with Crippen LogP contribution < -0.4 is 20.3 Å². The van der Waals surface area contributed by atoms with Crippen LogP contribution in [0.25, 0.3) is 10.9 Å². The van der Waals surface area contributed by atoms with Crippen molar-refractivity contribution in [2.75, 3.05) is 17.3 Å². The number of amides is 3. The number of methoxy groups -OCH3 is 1. The normalized spacial score (nSPS) is 25.8. The fraction of sp³-hybridized carbons (Fsp3) is 0.233. The van der Waals surface area contributed by atoms with Gasteiger partial charge in [0.1, 0.15) is 11.3 Å². The smallest absolute Gasteiger partial charge is 0.250 e. The highest BCUT2D eigenvalue weighted by atomic mass is 16.5. The number of fused-ring (bicyclic) bond motifs is 5. The number of benzene rings is 3. The summed E-state index contributed by atoms with van der Waals surface area (Å²) in [4.78, 5) is 46.6. The number of hydrogen-bond donors (Lipinski definition) is 3. The number of aromatic amines is 1. The third-order valence-electron chi connectivity index (χ3n) is 8.32. The Morgan fingerprint density at radius 1 is 0.974 bits per heavy atom. The SMILES string of the molecule is COc1ccc(N2C(=O)[C@@H]3C(Cc4c[nH]c5ccccc45)NC4(C(=O)Nc5ccc(C)cc54)[C@@H]3C2=O)cc1. The van der Waals surface area contributed by atoms with Crippen molar-refractivity contribution in [3.8, 4) is 5.75 Å². The minimum atomic E-state index is -1.34. The van der Waals surface area contributed by atoms with Crippen LogP contribution in [0, 0.1) is 18.8 Å². The first-order valence-electron chi connectivity index (χ1n) is 12.7. The molecule has 3 N–H and O–H groups in total. The van der Waals surface area contributed by atoms with Crippen LogP contribution in [0.4, 0.5) is 11.4 Å². The number of nitrogens with zero attached hydrogens (tertiary/aromatic N) is 1. The van der Waals surface area contributed by atoms with E-state index in [-0.39, 0.29) is 17.7 Å². The topological polar surface area (TPSA) is 104 Å². The Bertz CT molecular complexity index is 1640. The van der Waals surface area contributed by atoms with Gasteiger partial charge in [0.2, 0.25) is 17.7 Å². The third-order valence-corrected chi connectivity index (χ3v) is 8.32. The van der Waals surface area contributed by atoms with E-state index in [0.717, 1.165) is 27.6 Å². The lowest BCUT2D eigenvalue weighted by atomic mass is 9.76. The summed E-state index contributed by atoms with van der Waals surface area (Å²) >= 11 is 0.